The summed E-state index contributed by atoms with van der Waals surface area (Å²) >= 11 is 5.90. The van der Waals surface area contributed by atoms with Crippen molar-refractivity contribution >= 4 is 24.0 Å². The minimum Gasteiger partial charge on any atom is -0.445 e. The highest BCUT2D eigenvalue weighted by Crippen LogP contribution is 2.13. The monoisotopic (exact) mass is 341 g/mol. The average molecular weight is 342 g/mol. The summed E-state index contributed by atoms with van der Waals surface area (Å²) in [7, 11) is 0. The predicted molar refractivity (Wildman–Crippen MR) is 93.0 cm³/mol. The summed E-state index contributed by atoms with van der Waals surface area (Å²) in [5.74, 6) is 5.82. The molecule has 0 spiro atoms. The van der Waals surface area contributed by atoms with Crippen LogP contribution in [0.2, 0.25) is 5.02 Å². The van der Waals surface area contributed by atoms with Crippen LogP contribution in [0.15, 0.2) is 48.5 Å². The largest absolute Gasteiger partial charge is 0.445 e. The first kappa shape index (κ1) is 17.6. The number of ether oxygens (including phenoxy) is 1. The van der Waals surface area contributed by atoms with E-state index in [1.54, 1.807) is 18.2 Å². The van der Waals surface area contributed by atoms with Crippen LogP contribution in [0, 0.1) is 11.8 Å². The number of amides is 1. The van der Waals surface area contributed by atoms with Gasteiger partial charge in [0.15, 0.2) is 0 Å². The molecule has 0 fully saturated rings. The fraction of sp³-hybridized carbons (Fsp3) is 0.158. The van der Waals surface area contributed by atoms with Gasteiger partial charge in [0, 0.05) is 29.1 Å². The molecule has 1 amide bonds. The lowest BCUT2D eigenvalue weighted by Gasteiger charge is -2.05. The second-order valence-corrected chi connectivity index (χ2v) is 5.37. The van der Waals surface area contributed by atoms with Crippen molar-refractivity contribution in [3.05, 3.63) is 70.2 Å². The molecule has 2 aromatic rings. The average Bonchev–Trinajstić information content (AvgIpc) is 2.60. The first-order chi connectivity index (χ1) is 11.7. The van der Waals surface area contributed by atoms with E-state index in [-0.39, 0.29) is 6.61 Å². The highest BCUT2D eigenvalue weighted by molar-refractivity contribution is 6.31. The van der Waals surface area contributed by atoms with Crippen molar-refractivity contribution in [2.75, 3.05) is 6.54 Å². The maximum absolute atomic E-state index is 11.5. The second-order valence-electron chi connectivity index (χ2n) is 4.93. The lowest BCUT2D eigenvalue weighted by atomic mass is 10.1. The molecule has 2 aromatic carbocycles. The Bertz CT molecular complexity index is 763. The van der Waals surface area contributed by atoms with Gasteiger partial charge in [0.05, 0.1) is 0 Å². The standard InChI is InChI=1S/C19H16ClNO3/c20-18-11-16(10-17(12-18)13-22)8-4-5-9-21-19(23)24-14-15-6-2-1-3-7-15/h1-3,6-7,10-13H,5,9,14H2,(H,21,23). The summed E-state index contributed by atoms with van der Waals surface area (Å²) < 4.78 is 5.08. The predicted octanol–water partition coefficient (Wildman–Crippen LogP) is 3.82. The first-order valence-electron chi connectivity index (χ1n) is 7.36. The SMILES string of the molecule is O=Cc1cc(Cl)cc(C#CCCNC(=O)OCc2ccccc2)c1. The molecular weight excluding hydrogens is 326 g/mol. The van der Waals surface area contributed by atoms with Crippen LogP contribution in [0.5, 0.6) is 0 Å². The van der Waals surface area contributed by atoms with Crippen LogP contribution in [-0.2, 0) is 11.3 Å². The Morgan fingerprint density at radius 1 is 1.21 bits per heavy atom. The van der Waals surface area contributed by atoms with Crippen molar-refractivity contribution < 1.29 is 14.3 Å². The Hall–Kier alpha value is -2.77. The number of rotatable bonds is 5. The van der Waals surface area contributed by atoms with Crippen LogP contribution in [0.4, 0.5) is 4.79 Å². The van der Waals surface area contributed by atoms with Crippen molar-refractivity contribution in [1.29, 1.82) is 0 Å². The van der Waals surface area contributed by atoms with Crippen LogP contribution in [0.1, 0.15) is 27.9 Å². The van der Waals surface area contributed by atoms with Crippen molar-refractivity contribution in [2.45, 2.75) is 13.0 Å². The van der Waals surface area contributed by atoms with Crippen LogP contribution in [0.3, 0.4) is 0 Å². The molecule has 0 aliphatic heterocycles. The molecular formula is C19H16ClNO3. The third kappa shape index (κ3) is 6.15. The van der Waals surface area contributed by atoms with Gasteiger partial charge in [-0.15, -0.1) is 0 Å². The van der Waals surface area contributed by atoms with Gasteiger partial charge in [0.1, 0.15) is 12.9 Å². The molecule has 0 aliphatic rings. The van der Waals surface area contributed by atoms with E-state index < -0.39 is 6.09 Å². The van der Waals surface area contributed by atoms with Crippen LogP contribution >= 0.6 is 11.6 Å². The van der Waals surface area contributed by atoms with E-state index in [1.165, 1.54) is 0 Å². The number of nitrogens with one attached hydrogen (secondary N) is 1. The van der Waals surface area contributed by atoms with Crippen molar-refractivity contribution in [1.82, 2.24) is 5.32 Å². The highest BCUT2D eigenvalue weighted by Gasteiger charge is 2.01. The van der Waals surface area contributed by atoms with Crippen molar-refractivity contribution in [3.8, 4) is 11.8 Å². The number of carbonyl (C=O) groups is 2. The molecule has 0 radical (unpaired) electrons. The van der Waals surface area contributed by atoms with Crippen molar-refractivity contribution in [3.63, 3.8) is 0 Å². The van der Waals surface area contributed by atoms with E-state index >= 15 is 0 Å². The Morgan fingerprint density at radius 3 is 2.75 bits per heavy atom. The van der Waals surface area contributed by atoms with E-state index in [0.717, 1.165) is 11.8 Å². The summed E-state index contributed by atoms with van der Waals surface area (Å²) in [6.45, 7) is 0.608. The Balaban J connectivity index is 1.72. The van der Waals surface area contributed by atoms with Crippen LogP contribution in [-0.4, -0.2) is 18.9 Å². The molecule has 0 heterocycles. The molecule has 24 heavy (non-hydrogen) atoms. The topological polar surface area (TPSA) is 55.4 Å². The molecule has 0 saturated carbocycles. The van der Waals surface area contributed by atoms with E-state index in [2.05, 4.69) is 17.2 Å². The molecule has 122 valence electrons. The molecule has 0 saturated heterocycles. The summed E-state index contributed by atoms with van der Waals surface area (Å²) in [5, 5.41) is 3.09. The minimum absolute atomic E-state index is 0.231. The van der Waals surface area contributed by atoms with Gasteiger partial charge in [-0.05, 0) is 23.8 Å². The first-order valence-corrected chi connectivity index (χ1v) is 7.74. The number of hydrogen-bond donors (Lipinski definition) is 1. The maximum atomic E-state index is 11.5. The molecule has 4 nitrogen and oxygen atoms in total. The van der Waals surface area contributed by atoms with E-state index in [9.17, 15) is 9.59 Å². The number of carbonyl (C=O) groups excluding carboxylic acids is 2. The van der Waals surface area contributed by atoms with E-state index in [4.69, 9.17) is 16.3 Å². The molecule has 0 aliphatic carbocycles. The third-order valence-electron chi connectivity index (χ3n) is 3.02. The van der Waals surface area contributed by atoms with Gasteiger partial charge >= 0.3 is 6.09 Å². The van der Waals surface area contributed by atoms with Gasteiger partial charge in [-0.2, -0.15) is 0 Å². The molecule has 0 unspecified atom stereocenters. The van der Waals surface area contributed by atoms with Crippen LogP contribution in [0.25, 0.3) is 0 Å². The Morgan fingerprint density at radius 2 is 2.00 bits per heavy atom. The number of alkyl carbamates (subject to hydrolysis) is 1. The zero-order chi connectivity index (χ0) is 17.2. The van der Waals surface area contributed by atoms with Gasteiger partial charge in [-0.25, -0.2) is 4.79 Å². The summed E-state index contributed by atoms with van der Waals surface area (Å²) in [5.41, 5.74) is 2.07. The lowest BCUT2D eigenvalue weighted by Crippen LogP contribution is -2.24. The number of halogens is 1. The van der Waals surface area contributed by atoms with Gasteiger partial charge in [-0.1, -0.05) is 53.8 Å². The molecule has 0 bridgehead atoms. The molecule has 5 heteroatoms. The van der Waals surface area contributed by atoms with E-state index in [0.29, 0.717) is 29.1 Å². The smallest absolute Gasteiger partial charge is 0.407 e. The molecule has 1 N–H and O–H groups in total. The zero-order valence-corrected chi connectivity index (χ0v) is 13.7. The van der Waals surface area contributed by atoms with E-state index in [1.807, 2.05) is 30.3 Å². The normalized spacial score (nSPS) is 9.54. The number of hydrogen-bond acceptors (Lipinski definition) is 3. The minimum atomic E-state index is -0.480. The maximum Gasteiger partial charge on any atom is 0.407 e. The fourth-order valence-corrected chi connectivity index (χ4v) is 2.16. The lowest BCUT2D eigenvalue weighted by molar-refractivity contribution is 0.112. The molecule has 0 atom stereocenters. The van der Waals surface area contributed by atoms with Gasteiger partial charge in [-0.3, -0.25) is 4.79 Å². The van der Waals surface area contributed by atoms with Crippen LogP contribution < -0.4 is 5.32 Å². The van der Waals surface area contributed by atoms with Gasteiger partial charge in [0.25, 0.3) is 0 Å². The summed E-state index contributed by atoms with van der Waals surface area (Å²) in [6, 6.07) is 14.4. The fourth-order valence-electron chi connectivity index (χ4n) is 1.92. The van der Waals surface area contributed by atoms with Gasteiger partial charge < -0.3 is 10.1 Å². The quantitative estimate of drug-likeness (QED) is 0.511. The zero-order valence-electron chi connectivity index (χ0n) is 12.9. The van der Waals surface area contributed by atoms with Crippen molar-refractivity contribution in [2.24, 2.45) is 0 Å². The number of benzene rings is 2. The summed E-state index contributed by atoms with van der Waals surface area (Å²) in [4.78, 5) is 22.3. The highest BCUT2D eigenvalue weighted by atomic mass is 35.5. The number of aldehydes is 1. The molecule has 0 aromatic heterocycles. The summed E-state index contributed by atoms with van der Waals surface area (Å²) in [6.07, 6.45) is 0.705. The molecule has 2 rings (SSSR count). The third-order valence-corrected chi connectivity index (χ3v) is 3.24. The Labute approximate surface area is 145 Å². The Kier molecular flexibility index (Phi) is 6.88. The second kappa shape index (κ2) is 9.39. The van der Waals surface area contributed by atoms with Gasteiger partial charge in [0.2, 0.25) is 0 Å².